The summed E-state index contributed by atoms with van der Waals surface area (Å²) in [5.74, 6) is 1.36. The molecule has 0 aromatic carbocycles. The molecule has 5 heteroatoms. The molecule has 1 amide bonds. The Kier molecular flexibility index (Phi) is 5.42. The van der Waals surface area contributed by atoms with Gasteiger partial charge in [-0.3, -0.25) is 4.79 Å². The average molecular weight is 266 g/mol. The minimum absolute atomic E-state index is 0.0240. The lowest BCUT2D eigenvalue weighted by atomic mass is 10.0. The van der Waals surface area contributed by atoms with E-state index in [0.29, 0.717) is 25.7 Å². The number of hydrogen-bond acceptors (Lipinski definition) is 4. The zero-order valence-corrected chi connectivity index (χ0v) is 11.4. The Hall–Kier alpha value is -1.33. The van der Waals surface area contributed by atoms with Crippen molar-refractivity contribution in [3.8, 4) is 0 Å². The molecule has 1 aliphatic heterocycles. The first-order valence-electron chi connectivity index (χ1n) is 6.88. The van der Waals surface area contributed by atoms with Crippen LogP contribution in [-0.2, 0) is 16.1 Å². The quantitative estimate of drug-likeness (QED) is 0.730. The highest BCUT2D eigenvalue weighted by molar-refractivity contribution is 5.82. The van der Waals surface area contributed by atoms with E-state index in [4.69, 9.17) is 9.15 Å². The summed E-state index contributed by atoms with van der Waals surface area (Å²) in [5, 5.41) is 6.16. The fraction of sp³-hybridized carbons (Fsp3) is 0.643. The number of carbonyl (C=O) groups excluding carboxylic acids is 1. The van der Waals surface area contributed by atoms with Crippen LogP contribution in [-0.4, -0.2) is 31.6 Å². The van der Waals surface area contributed by atoms with Crippen molar-refractivity contribution in [3.63, 3.8) is 0 Å². The predicted octanol–water partition coefficient (Wildman–Crippen LogP) is 1.30. The van der Waals surface area contributed by atoms with Crippen LogP contribution < -0.4 is 10.6 Å². The normalized spacial score (nSPS) is 22.6. The molecule has 0 radical (unpaired) electrons. The highest BCUT2D eigenvalue weighted by atomic mass is 16.5. The van der Waals surface area contributed by atoms with Gasteiger partial charge in [-0.05, 0) is 37.4 Å². The fourth-order valence-electron chi connectivity index (χ4n) is 2.25. The van der Waals surface area contributed by atoms with Crippen molar-refractivity contribution >= 4 is 5.91 Å². The molecule has 0 spiro atoms. The highest BCUT2D eigenvalue weighted by Gasteiger charge is 2.28. The minimum Gasteiger partial charge on any atom is -0.467 e. The first-order valence-corrected chi connectivity index (χ1v) is 6.88. The van der Waals surface area contributed by atoms with Crippen molar-refractivity contribution in [1.29, 1.82) is 0 Å². The Morgan fingerprint density at radius 1 is 1.63 bits per heavy atom. The summed E-state index contributed by atoms with van der Waals surface area (Å²) >= 11 is 0. The molecule has 0 aliphatic carbocycles. The second-order valence-electron chi connectivity index (χ2n) is 4.97. The summed E-state index contributed by atoms with van der Waals surface area (Å²) in [6, 6.07) is 3.70. The van der Waals surface area contributed by atoms with E-state index >= 15 is 0 Å². The molecule has 1 fully saturated rings. The van der Waals surface area contributed by atoms with Crippen LogP contribution in [0.4, 0.5) is 0 Å². The van der Waals surface area contributed by atoms with Gasteiger partial charge in [-0.25, -0.2) is 0 Å². The Bertz CT molecular complexity index is 378. The standard InChI is InChI=1S/C14H22N2O3/c1-11-5-7-15-13(11)14(17)16-6-3-8-18-10-12-4-2-9-19-12/h2,4,9,11,13,15H,3,5-8,10H2,1H3,(H,16,17). The summed E-state index contributed by atoms with van der Waals surface area (Å²) < 4.78 is 10.6. The number of amides is 1. The molecule has 5 nitrogen and oxygen atoms in total. The van der Waals surface area contributed by atoms with Crippen LogP contribution >= 0.6 is 0 Å². The van der Waals surface area contributed by atoms with Gasteiger partial charge in [0, 0.05) is 13.2 Å². The van der Waals surface area contributed by atoms with Crippen LogP contribution in [0.1, 0.15) is 25.5 Å². The van der Waals surface area contributed by atoms with Gasteiger partial charge in [-0.1, -0.05) is 6.92 Å². The number of nitrogens with one attached hydrogen (secondary N) is 2. The van der Waals surface area contributed by atoms with Gasteiger partial charge in [0.15, 0.2) is 0 Å². The maximum absolute atomic E-state index is 11.8. The van der Waals surface area contributed by atoms with Crippen molar-refractivity contribution in [2.75, 3.05) is 19.7 Å². The van der Waals surface area contributed by atoms with Crippen LogP contribution in [0.15, 0.2) is 22.8 Å². The average Bonchev–Trinajstić information content (AvgIpc) is 3.04. The largest absolute Gasteiger partial charge is 0.467 e. The molecule has 1 saturated heterocycles. The van der Waals surface area contributed by atoms with E-state index in [9.17, 15) is 4.79 Å². The lowest BCUT2D eigenvalue weighted by Crippen LogP contribution is -2.43. The summed E-state index contributed by atoms with van der Waals surface area (Å²) in [6.45, 7) is 4.81. The molecule has 2 unspecified atom stereocenters. The minimum atomic E-state index is -0.0240. The van der Waals surface area contributed by atoms with E-state index in [1.807, 2.05) is 12.1 Å². The van der Waals surface area contributed by atoms with Gasteiger partial charge >= 0.3 is 0 Å². The third-order valence-corrected chi connectivity index (χ3v) is 3.40. The van der Waals surface area contributed by atoms with Crippen LogP contribution in [0.2, 0.25) is 0 Å². The van der Waals surface area contributed by atoms with Crippen molar-refractivity contribution in [1.82, 2.24) is 10.6 Å². The van der Waals surface area contributed by atoms with Gasteiger partial charge in [0.1, 0.15) is 12.4 Å². The lowest BCUT2D eigenvalue weighted by molar-refractivity contribution is -0.123. The molecule has 2 N–H and O–H groups in total. The van der Waals surface area contributed by atoms with Gasteiger partial charge in [0.05, 0.1) is 12.3 Å². The van der Waals surface area contributed by atoms with Crippen LogP contribution in [0.25, 0.3) is 0 Å². The zero-order chi connectivity index (χ0) is 13.5. The molecule has 2 heterocycles. The van der Waals surface area contributed by atoms with E-state index in [1.54, 1.807) is 6.26 Å². The summed E-state index contributed by atoms with van der Waals surface area (Å²) in [6.07, 6.45) is 3.52. The number of rotatable bonds is 7. The Labute approximate surface area is 113 Å². The van der Waals surface area contributed by atoms with E-state index in [2.05, 4.69) is 17.6 Å². The van der Waals surface area contributed by atoms with Gasteiger partial charge in [0.2, 0.25) is 5.91 Å². The predicted molar refractivity (Wildman–Crippen MR) is 71.6 cm³/mol. The first-order chi connectivity index (χ1) is 9.27. The van der Waals surface area contributed by atoms with Gasteiger partial charge in [0.25, 0.3) is 0 Å². The van der Waals surface area contributed by atoms with E-state index in [-0.39, 0.29) is 11.9 Å². The lowest BCUT2D eigenvalue weighted by Gasteiger charge is -2.15. The van der Waals surface area contributed by atoms with Gasteiger partial charge < -0.3 is 19.8 Å². The van der Waals surface area contributed by atoms with Crippen molar-refractivity contribution in [2.24, 2.45) is 5.92 Å². The number of ether oxygens (including phenoxy) is 1. The summed E-state index contributed by atoms with van der Waals surface area (Å²) in [5.41, 5.74) is 0. The molecule has 2 atom stereocenters. The molecule has 1 aliphatic rings. The monoisotopic (exact) mass is 266 g/mol. The maximum atomic E-state index is 11.8. The van der Waals surface area contributed by atoms with Gasteiger partial charge in [-0.15, -0.1) is 0 Å². The van der Waals surface area contributed by atoms with E-state index in [0.717, 1.165) is 25.1 Å². The van der Waals surface area contributed by atoms with Crippen molar-refractivity contribution in [3.05, 3.63) is 24.2 Å². The van der Waals surface area contributed by atoms with Gasteiger partial charge in [-0.2, -0.15) is 0 Å². The Balaban J connectivity index is 1.51. The molecule has 1 aromatic rings. The third-order valence-electron chi connectivity index (χ3n) is 3.40. The highest BCUT2D eigenvalue weighted by Crippen LogP contribution is 2.14. The molecule has 106 valence electrons. The molecular formula is C14H22N2O3. The number of furan rings is 1. The molecule has 0 saturated carbocycles. The third kappa shape index (κ3) is 4.36. The molecule has 2 rings (SSSR count). The van der Waals surface area contributed by atoms with Crippen molar-refractivity contribution in [2.45, 2.75) is 32.4 Å². The SMILES string of the molecule is CC1CCNC1C(=O)NCCCOCc1ccco1. The second kappa shape index (κ2) is 7.31. The molecular weight excluding hydrogens is 244 g/mol. The second-order valence-corrected chi connectivity index (χ2v) is 4.97. The summed E-state index contributed by atoms with van der Waals surface area (Å²) in [7, 11) is 0. The molecule has 19 heavy (non-hydrogen) atoms. The van der Waals surface area contributed by atoms with Crippen molar-refractivity contribution < 1.29 is 13.9 Å². The van der Waals surface area contributed by atoms with Crippen LogP contribution in [0, 0.1) is 5.92 Å². The zero-order valence-electron chi connectivity index (χ0n) is 11.4. The first kappa shape index (κ1) is 14.1. The Morgan fingerprint density at radius 3 is 3.21 bits per heavy atom. The Morgan fingerprint density at radius 2 is 2.53 bits per heavy atom. The van der Waals surface area contributed by atoms with E-state index in [1.165, 1.54) is 0 Å². The molecule has 0 bridgehead atoms. The fourth-order valence-corrected chi connectivity index (χ4v) is 2.25. The maximum Gasteiger partial charge on any atom is 0.237 e. The number of hydrogen-bond donors (Lipinski definition) is 2. The molecule has 1 aromatic heterocycles. The smallest absolute Gasteiger partial charge is 0.237 e. The topological polar surface area (TPSA) is 63.5 Å². The summed E-state index contributed by atoms with van der Waals surface area (Å²) in [4.78, 5) is 11.8. The van der Waals surface area contributed by atoms with Crippen LogP contribution in [0.3, 0.4) is 0 Å². The number of carbonyl (C=O) groups is 1. The van der Waals surface area contributed by atoms with E-state index < -0.39 is 0 Å². The van der Waals surface area contributed by atoms with Crippen LogP contribution in [0.5, 0.6) is 0 Å².